The molecule has 98 valence electrons. The first-order valence-corrected chi connectivity index (χ1v) is 6.32. The van der Waals surface area contributed by atoms with Gasteiger partial charge >= 0.3 is 0 Å². The molecule has 5 heteroatoms. The van der Waals surface area contributed by atoms with Crippen LogP contribution in [-0.4, -0.2) is 29.1 Å². The standard InChI is InChI=1S/C13H20N4O/c1-9-7-8-11(12(14)16-18)13(15-9)17(2)10-5-3-4-6-10/h7-8,10,18H,3-6H2,1-2H3,(H2,14,16). The van der Waals surface area contributed by atoms with Gasteiger partial charge in [0.05, 0.1) is 5.56 Å². The summed E-state index contributed by atoms with van der Waals surface area (Å²) in [5, 5.41) is 11.9. The summed E-state index contributed by atoms with van der Waals surface area (Å²) >= 11 is 0. The monoisotopic (exact) mass is 248 g/mol. The molecule has 1 aromatic rings. The molecule has 1 aliphatic carbocycles. The average Bonchev–Trinajstić information content (AvgIpc) is 2.90. The summed E-state index contributed by atoms with van der Waals surface area (Å²) < 4.78 is 0. The van der Waals surface area contributed by atoms with Crippen LogP contribution in [0.25, 0.3) is 0 Å². The van der Waals surface area contributed by atoms with E-state index in [0.717, 1.165) is 11.5 Å². The van der Waals surface area contributed by atoms with Crippen LogP contribution in [0.2, 0.25) is 0 Å². The maximum atomic E-state index is 8.85. The SMILES string of the molecule is Cc1ccc(C(N)=NO)c(N(C)C2CCCC2)n1. The zero-order chi connectivity index (χ0) is 13.1. The highest BCUT2D eigenvalue weighted by atomic mass is 16.4. The van der Waals surface area contributed by atoms with Crippen molar-refractivity contribution >= 4 is 11.7 Å². The van der Waals surface area contributed by atoms with Gasteiger partial charge in [-0.2, -0.15) is 0 Å². The summed E-state index contributed by atoms with van der Waals surface area (Å²) in [6.45, 7) is 1.95. The van der Waals surface area contributed by atoms with Crippen molar-refractivity contribution in [3.05, 3.63) is 23.4 Å². The minimum Gasteiger partial charge on any atom is -0.409 e. The molecule has 3 N–H and O–H groups in total. The highest BCUT2D eigenvalue weighted by Crippen LogP contribution is 2.28. The number of oxime groups is 1. The van der Waals surface area contributed by atoms with Crippen molar-refractivity contribution in [3.63, 3.8) is 0 Å². The number of aromatic nitrogens is 1. The van der Waals surface area contributed by atoms with Crippen LogP contribution in [0.4, 0.5) is 5.82 Å². The molecule has 1 aromatic heterocycles. The third-order valence-corrected chi connectivity index (χ3v) is 3.60. The molecular weight excluding hydrogens is 228 g/mol. The van der Waals surface area contributed by atoms with Crippen LogP contribution in [0.15, 0.2) is 17.3 Å². The molecule has 0 spiro atoms. The molecule has 0 bridgehead atoms. The molecule has 0 aromatic carbocycles. The fraction of sp³-hybridized carbons (Fsp3) is 0.538. The van der Waals surface area contributed by atoms with E-state index in [1.807, 2.05) is 26.1 Å². The number of nitrogens with zero attached hydrogens (tertiary/aromatic N) is 3. The van der Waals surface area contributed by atoms with Gasteiger partial charge in [0.1, 0.15) is 5.82 Å². The molecule has 1 aliphatic rings. The van der Waals surface area contributed by atoms with Crippen LogP contribution in [0.3, 0.4) is 0 Å². The van der Waals surface area contributed by atoms with Gasteiger partial charge in [-0.05, 0) is 31.9 Å². The van der Waals surface area contributed by atoms with E-state index in [1.54, 1.807) is 0 Å². The molecule has 1 heterocycles. The van der Waals surface area contributed by atoms with Gasteiger partial charge in [-0.3, -0.25) is 0 Å². The largest absolute Gasteiger partial charge is 0.409 e. The normalized spacial score (nSPS) is 17.1. The number of anilines is 1. The Balaban J connectivity index is 2.37. The smallest absolute Gasteiger partial charge is 0.173 e. The molecule has 0 unspecified atom stereocenters. The average molecular weight is 248 g/mol. The third kappa shape index (κ3) is 2.39. The summed E-state index contributed by atoms with van der Waals surface area (Å²) in [6.07, 6.45) is 4.89. The molecule has 1 fully saturated rings. The maximum absolute atomic E-state index is 8.85. The van der Waals surface area contributed by atoms with Crippen LogP contribution in [0, 0.1) is 6.92 Å². The van der Waals surface area contributed by atoms with Crippen molar-refractivity contribution in [1.29, 1.82) is 0 Å². The summed E-state index contributed by atoms with van der Waals surface area (Å²) in [6, 6.07) is 4.24. The molecule has 5 nitrogen and oxygen atoms in total. The fourth-order valence-electron chi connectivity index (χ4n) is 2.53. The van der Waals surface area contributed by atoms with E-state index in [1.165, 1.54) is 25.7 Å². The molecule has 0 aliphatic heterocycles. The van der Waals surface area contributed by atoms with E-state index in [0.29, 0.717) is 11.6 Å². The van der Waals surface area contributed by atoms with Crippen LogP contribution in [0.1, 0.15) is 36.9 Å². The van der Waals surface area contributed by atoms with E-state index in [-0.39, 0.29) is 5.84 Å². The van der Waals surface area contributed by atoms with Crippen molar-refractivity contribution in [1.82, 2.24) is 4.98 Å². The van der Waals surface area contributed by atoms with Crippen LogP contribution in [-0.2, 0) is 0 Å². The minimum absolute atomic E-state index is 0.113. The second-order valence-corrected chi connectivity index (χ2v) is 4.86. The first kappa shape index (κ1) is 12.7. The summed E-state index contributed by atoms with van der Waals surface area (Å²) in [5.74, 6) is 0.916. The Hall–Kier alpha value is -1.78. The molecule has 0 amide bonds. The number of pyridine rings is 1. The summed E-state index contributed by atoms with van der Waals surface area (Å²) in [7, 11) is 2.03. The Morgan fingerprint density at radius 1 is 1.44 bits per heavy atom. The zero-order valence-electron chi connectivity index (χ0n) is 10.9. The van der Waals surface area contributed by atoms with Crippen molar-refractivity contribution in [3.8, 4) is 0 Å². The second-order valence-electron chi connectivity index (χ2n) is 4.86. The Bertz CT molecular complexity index is 452. The number of hydrogen-bond acceptors (Lipinski definition) is 4. The maximum Gasteiger partial charge on any atom is 0.173 e. The number of amidine groups is 1. The van der Waals surface area contributed by atoms with Gasteiger partial charge in [-0.15, -0.1) is 0 Å². The Kier molecular flexibility index (Phi) is 3.69. The number of rotatable bonds is 3. The molecule has 0 atom stereocenters. The molecule has 0 saturated heterocycles. The van der Waals surface area contributed by atoms with E-state index >= 15 is 0 Å². The first-order valence-electron chi connectivity index (χ1n) is 6.32. The van der Waals surface area contributed by atoms with E-state index < -0.39 is 0 Å². The second kappa shape index (κ2) is 5.25. The predicted octanol–water partition coefficient (Wildman–Crippen LogP) is 1.86. The topological polar surface area (TPSA) is 74.7 Å². The van der Waals surface area contributed by atoms with E-state index in [4.69, 9.17) is 10.9 Å². The quantitative estimate of drug-likeness (QED) is 0.370. The lowest BCUT2D eigenvalue weighted by Gasteiger charge is -2.27. The summed E-state index contributed by atoms with van der Waals surface area (Å²) in [4.78, 5) is 6.70. The van der Waals surface area contributed by atoms with E-state index in [2.05, 4.69) is 15.0 Å². The van der Waals surface area contributed by atoms with Crippen molar-refractivity contribution < 1.29 is 5.21 Å². The van der Waals surface area contributed by atoms with Gasteiger partial charge in [-0.1, -0.05) is 18.0 Å². The van der Waals surface area contributed by atoms with Gasteiger partial charge in [-0.25, -0.2) is 4.98 Å². The molecule has 1 saturated carbocycles. The van der Waals surface area contributed by atoms with Gasteiger partial charge in [0.25, 0.3) is 0 Å². The van der Waals surface area contributed by atoms with Crippen LogP contribution in [0.5, 0.6) is 0 Å². The van der Waals surface area contributed by atoms with Gasteiger partial charge in [0.15, 0.2) is 5.84 Å². The lowest BCUT2D eigenvalue weighted by Crippen LogP contribution is -2.32. The van der Waals surface area contributed by atoms with Crippen molar-refractivity contribution in [2.45, 2.75) is 38.6 Å². The van der Waals surface area contributed by atoms with E-state index in [9.17, 15) is 0 Å². The van der Waals surface area contributed by atoms with Gasteiger partial charge < -0.3 is 15.8 Å². The Morgan fingerprint density at radius 2 is 2.11 bits per heavy atom. The third-order valence-electron chi connectivity index (χ3n) is 3.60. The summed E-state index contributed by atoms with van der Waals surface area (Å²) in [5.41, 5.74) is 7.34. The molecule has 2 rings (SSSR count). The molecule has 0 radical (unpaired) electrons. The van der Waals surface area contributed by atoms with Gasteiger partial charge in [0.2, 0.25) is 0 Å². The predicted molar refractivity (Wildman–Crippen MR) is 72.1 cm³/mol. The van der Waals surface area contributed by atoms with Crippen LogP contribution >= 0.6 is 0 Å². The van der Waals surface area contributed by atoms with Crippen molar-refractivity contribution in [2.75, 3.05) is 11.9 Å². The number of nitrogens with two attached hydrogens (primary N) is 1. The van der Waals surface area contributed by atoms with Gasteiger partial charge in [0, 0.05) is 18.8 Å². The highest BCUT2D eigenvalue weighted by Gasteiger charge is 2.23. The molecular formula is C13H20N4O. The number of hydrogen-bond donors (Lipinski definition) is 2. The Labute approximate surface area is 107 Å². The van der Waals surface area contributed by atoms with Crippen LogP contribution < -0.4 is 10.6 Å². The fourth-order valence-corrected chi connectivity index (χ4v) is 2.53. The lowest BCUT2D eigenvalue weighted by molar-refractivity contribution is 0.318. The Morgan fingerprint density at radius 3 is 2.72 bits per heavy atom. The molecule has 18 heavy (non-hydrogen) atoms. The van der Waals surface area contributed by atoms with Crippen molar-refractivity contribution in [2.24, 2.45) is 10.9 Å². The zero-order valence-corrected chi connectivity index (χ0v) is 10.9. The lowest BCUT2D eigenvalue weighted by atomic mass is 10.1. The highest BCUT2D eigenvalue weighted by molar-refractivity contribution is 6.01. The minimum atomic E-state index is 0.113. The first-order chi connectivity index (χ1) is 8.63. The number of aryl methyl sites for hydroxylation is 1.